The molecule has 2 N–H and O–H groups in total. The Kier molecular flexibility index (Phi) is 13.2. The van der Waals surface area contributed by atoms with Crippen LogP contribution in [0.3, 0.4) is 0 Å². The molecule has 0 aliphatic carbocycles. The van der Waals surface area contributed by atoms with Crippen LogP contribution in [-0.4, -0.2) is 66.3 Å². The number of nitro groups is 1. The van der Waals surface area contributed by atoms with Gasteiger partial charge in [0, 0.05) is 25.2 Å². The van der Waals surface area contributed by atoms with Crippen molar-refractivity contribution in [2.24, 2.45) is 5.92 Å². The molecule has 0 heterocycles. The fourth-order valence-corrected chi connectivity index (χ4v) is 5.60. The van der Waals surface area contributed by atoms with Gasteiger partial charge in [0.1, 0.15) is 11.4 Å². The van der Waals surface area contributed by atoms with E-state index in [1.54, 1.807) is 20.8 Å². The van der Waals surface area contributed by atoms with E-state index in [9.17, 15) is 28.4 Å². The number of alkyl carbamates (subject to hydrolysis) is 1. The molecule has 0 saturated carbocycles. The number of amides is 1. The molecule has 0 aliphatic heterocycles. The van der Waals surface area contributed by atoms with E-state index < -0.39 is 38.8 Å². The van der Waals surface area contributed by atoms with Gasteiger partial charge < -0.3 is 19.9 Å². The number of hydrogen-bond donors (Lipinski definition) is 2. The van der Waals surface area contributed by atoms with Crippen molar-refractivity contribution < 1.29 is 32.7 Å². The van der Waals surface area contributed by atoms with Crippen molar-refractivity contribution in [1.29, 1.82) is 0 Å². The van der Waals surface area contributed by atoms with E-state index in [1.165, 1.54) is 16.4 Å². The predicted molar refractivity (Wildman–Crippen MR) is 161 cm³/mol. The number of carbonyl (C=O) groups excluding carboxylic acids is 1. The topological polar surface area (TPSA) is 148 Å². The highest BCUT2D eigenvalue weighted by atomic mass is 32.2. The second-order valence-corrected chi connectivity index (χ2v) is 13.4. The van der Waals surface area contributed by atoms with Crippen molar-refractivity contribution in [1.82, 2.24) is 9.62 Å². The molecule has 234 valence electrons. The van der Waals surface area contributed by atoms with Gasteiger partial charge in [-0.1, -0.05) is 45.7 Å². The Morgan fingerprint density at radius 3 is 2.21 bits per heavy atom. The minimum absolute atomic E-state index is 0.0393. The molecular weight excluding hydrogens is 562 g/mol. The molecule has 2 aromatic carbocycles. The number of aliphatic hydroxyl groups excluding tert-OH is 1. The number of hydrogen-bond acceptors (Lipinski definition) is 8. The molecule has 42 heavy (non-hydrogen) atoms. The zero-order valence-corrected chi connectivity index (χ0v) is 26.2. The number of aliphatic hydroxyl groups is 1. The van der Waals surface area contributed by atoms with Crippen LogP contribution >= 0.6 is 0 Å². The molecular formula is C30H45N3O8S. The standard InChI is InChI=1S/C30H45N3O8S/c1-7-9-18-40-25-14-10-23(11-15-25)19-27(31-29(35)41-30(4,5)6)28(34)21-32(20-22(3)8-2)42(38,39)26-16-12-24(13-17-26)33(36)37/h10-17,22,27-28,34H,7-9,18-21H2,1-6H3,(H,31,35)/t22-,27-,28+/m0/s1. The van der Waals surface area contributed by atoms with Gasteiger partial charge >= 0.3 is 6.09 Å². The van der Waals surface area contributed by atoms with Crippen LogP contribution in [0.5, 0.6) is 5.75 Å². The van der Waals surface area contributed by atoms with Crippen LogP contribution in [0.15, 0.2) is 53.4 Å². The number of unbranched alkanes of at least 4 members (excludes halogenated alkanes) is 1. The Morgan fingerprint density at radius 2 is 1.69 bits per heavy atom. The van der Waals surface area contributed by atoms with Crippen LogP contribution < -0.4 is 10.1 Å². The maximum Gasteiger partial charge on any atom is 0.407 e. The fraction of sp³-hybridized carbons (Fsp3) is 0.567. The summed E-state index contributed by atoms with van der Waals surface area (Å²) in [5.41, 5.74) is -0.214. The van der Waals surface area contributed by atoms with E-state index >= 15 is 0 Å². The molecule has 0 aromatic heterocycles. The number of rotatable bonds is 16. The third-order valence-electron chi connectivity index (χ3n) is 6.60. The van der Waals surface area contributed by atoms with Crippen LogP contribution in [-0.2, 0) is 21.2 Å². The van der Waals surface area contributed by atoms with Crippen molar-refractivity contribution in [3.8, 4) is 5.75 Å². The third kappa shape index (κ3) is 11.2. The fourth-order valence-electron chi connectivity index (χ4n) is 4.02. The number of benzene rings is 2. The van der Waals surface area contributed by atoms with Crippen LogP contribution in [0.2, 0.25) is 0 Å². The Morgan fingerprint density at radius 1 is 1.07 bits per heavy atom. The van der Waals surface area contributed by atoms with Gasteiger partial charge in [0.25, 0.3) is 5.69 Å². The molecule has 3 atom stereocenters. The molecule has 0 aliphatic rings. The minimum atomic E-state index is -4.13. The smallest absolute Gasteiger partial charge is 0.407 e. The van der Waals surface area contributed by atoms with Crippen molar-refractivity contribution in [3.05, 3.63) is 64.2 Å². The zero-order valence-electron chi connectivity index (χ0n) is 25.4. The lowest BCUT2D eigenvalue weighted by Gasteiger charge is -2.31. The quantitative estimate of drug-likeness (QED) is 0.148. The molecule has 0 spiro atoms. The second kappa shape index (κ2) is 15.9. The molecule has 0 fully saturated rings. The van der Waals surface area contributed by atoms with E-state index in [4.69, 9.17) is 9.47 Å². The van der Waals surface area contributed by atoms with Gasteiger partial charge in [-0.15, -0.1) is 0 Å². The maximum absolute atomic E-state index is 13.7. The largest absolute Gasteiger partial charge is 0.494 e. The Balaban J connectivity index is 2.34. The van der Waals surface area contributed by atoms with Gasteiger partial charge in [-0.05, 0) is 69.4 Å². The summed E-state index contributed by atoms with van der Waals surface area (Å²) < 4.78 is 39.6. The first-order valence-electron chi connectivity index (χ1n) is 14.3. The molecule has 0 radical (unpaired) electrons. The molecule has 12 heteroatoms. The van der Waals surface area contributed by atoms with Crippen LogP contribution in [0.1, 0.15) is 66.4 Å². The summed E-state index contributed by atoms with van der Waals surface area (Å²) in [6, 6.07) is 11.0. The molecule has 0 saturated heterocycles. The van der Waals surface area contributed by atoms with Gasteiger partial charge in [0.15, 0.2) is 0 Å². The SMILES string of the molecule is CCCCOc1ccc(C[C@H](NC(=O)OC(C)(C)C)[C@H](O)CN(C[C@@H](C)CC)S(=O)(=O)c2ccc([N+](=O)[O-])cc2)cc1. The summed E-state index contributed by atoms with van der Waals surface area (Å²) in [5.74, 6) is 0.667. The molecule has 2 rings (SSSR count). The lowest BCUT2D eigenvalue weighted by molar-refractivity contribution is -0.384. The van der Waals surface area contributed by atoms with Crippen LogP contribution in [0.4, 0.5) is 10.5 Å². The summed E-state index contributed by atoms with van der Waals surface area (Å²) in [6.07, 6.45) is 0.792. The van der Waals surface area contributed by atoms with Gasteiger partial charge in [0.05, 0.1) is 28.6 Å². The van der Waals surface area contributed by atoms with E-state index in [-0.39, 0.29) is 36.0 Å². The number of ether oxygens (including phenoxy) is 2. The first kappa shape index (κ1) is 35.0. The van der Waals surface area contributed by atoms with Crippen molar-refractivity contribution in [2.45, 2.75) is 89.9 Å². The van der Waals surface area contributed by atoms with E-state index in [0.29, 0.717) is 18.8 Å². The summed E-state index contributed by atoms with van der Waals surface area (Å²) in [7, 11) is -4.13. The van der Waals surface area contributed by atoms with Crippen LogP contribution in [0.25, 0.3) is 0 Å². The van der Waals surface area contributed by atoms with Crippen molar-refractivity contribution in [3.63, 3.8) is 0 Å². The molecule has 2 aromatic rings. The monoisotopic (exact) mass is 607 g/mol. The summed E-state index contributed by atoms with van der Waals surface area (Å²) >= 11 is 0. The lowest BCUT2D eigenvalue weighted by atomic mass is 10.0. The number of nitrogens with zero attached hydrogens (tertiary/aromatic N) is 2. The highest BCUT2D eigenvalue weighted by Crippen LogP contribution is 2.23. The summed E-state index contributed by atoms with van der Waals surface area (Å²) in [4.78, 5) is 23.1. The predicted octanol–water partition coefficient (Wildman–Crippen LogP) is 5.31. The normalized spacial score (nSPS) is 14.2. The summed E-state index contributed by atoms with van der Waals surface area (Å²) in [6.45, 7) is 11.5. The number of nitrogens with one attached hydrogen (secondary N) is 1. The van der Waals surface area contributed by atoms with E-state index in [2.05, 4.69) is 12.2 Å². The Bertz CT molecular complexity index is 1240. The minimum Gasteiger partial charge on any atom is -0.494 e. The van der Waals surface area contributed by atoms with E-state index in [1.807, 2.05) is 38.1 Å². The Labute approximate surface area is 249 Å². The van der Waals surface area contributed by atoms with Gasteiger partial charge in [-0.3, -0.25) is 10.1 Å². The van der Waals surface area contributed by atoms with Crippen LogP contribution in [0, 0.1) is 16.0 Å². The number of non-ortho nitro benzene ring substituents is 1. The van der Waals surface area contributed by atoms with Gasteiger partial charge in [-0.2, -0.15) is 4.31 Å². The van der Waals surface area contributed by atoms with Crippen molar-refractivity contribution in [2.75, 3.05) is 19.7 Å². The number of nitro benzene ring substituents is 1. The maximum atomic E-state index is 13.7. The highest BCUT2D eigenvalue weighted by Gasteiger charge is 2.32. The first-order valence-corrected chi connectivity index (χ1v) is 15.7. The molecule has 0 unspecified atom stereocenters. The highest BCUT2D eigenvalue weighted by molar-refractivity contribution is 7.89. The average Bonchev–Trinajstić information content (AvgIpc) is 2.92. The van der Waals surface area contributed by atoms with Gasteiger partial charge in [-0.25, -0.2) is 13.2 Å². The number of carbonyl (C=O) groups is 1. The van der Waals surface area contributed by atoms with Crippen molar-refractivity contribution >= 4 is 21.8 Å². The first-order chi connectivity index (χ1) is 19.7. The van der Waals surface area contributed by atoms with E-state index in [0.717, 1.165) is 30.5 Å². The Hall–Kier alpha value is -3.22. The molecule has 1 amide bonds. The number of sulfonamides is 1. The third-order valence-corrected chi connectivity index (χ3v) is 8.45. The zero-order chi connectivity index (χ0) is 31.5. The molecule has 11 nitrogen and oxygen atoms in total. The summed E-state index contributed by atoms with van der Waals surface area (Å²) in [5, 5.41) is 25.2. The molecule has 0 bridgehead atoms. The average molecular weight is 608 g/mol. The lowest BCUT2D eigenvalue weighted by Crippen LogP contribution is -2.52. The van der Waals surface area contributed by atoms with Gasteiger partial charge in [0.2, 0.25) is 10.0 Å². The second-order valence-electron chi connectivity index (χ2n) is 11.5.